The number of carbonyl (C=O) groups is 1. The highest BCUT2D eigenvalue weighted by Gasteiger charge is 2.62. The molecule has 2 aliphatic rings. The lowest BCUT2D eigenvalue weighted by molar-refractivity contribution is -0.228. The Kier molecular flexibility index (Phi) is 5.39. The first kappa shape index (κ1) is 23.7. The molecule has 178 valence electrons. The molecule has 0 aliphatic heterocycles. The quantitative estimate of drug-likeness (QED) is 0.469. The number of hydrogen-bond donors (Lipinski definition) is 1. The lowest BCUT2D eigenvalue weighted by atomic mass is 9.72. The number of hydrogen-bond acceptors (Lipinski definition) is 3. The van der Waals surface area contributed by atoms with Gasteiger partial charge in [0.2, 0.25) is 5.67 Å². The maximum atomic E-state index is 14.6. The van der Waals surface area contributed by atoms with Crippen LogP contribution in [0, 0.1) is 17.7 Å². The molecule has 2 aromatic carbocycles. The Balaban J connectivity index is 1.94. The molecule has 2 aliphatic carbocycles. The highest BCUT2D eigenvalue weighted by Crippen LogP contribution is 2.59. The normalized spacial score (nSPS) is 26.8. The highest BCUT2D eigenvalue weighted by atomic mass is 32.2. The molecule has 0 aromatic heterocycles. The van der Waals surface area contributed by atoms with Gasteiger partial charge in [-0.15, -0.1) is 0 Å². The number of alkyl halides is 4. The fourth-order valence-corrected chi connectivity index (χ4v) is 7.90. The molecule has 0 heterocycles. The molecule has 0 radical (unpaired) electrons. The van der Waals surface area contributed by atoms with Crippen LogP contribution in [0.25, 0.3) is 0 Å². The number of aliphatic carboxylic acids is 1. The number of carboxylic acid groups (broad SMARTS) is 1. The maximum absolute atomic E-state index is 14.6. The predicted molar refractivity (Wildman–Crippen MR) is 108 cm³/mol. The van der Waals surface area contributed by atoms with Gasteiger partial charge in [0.25, 0.3) is 0 Å². The van der Waals surface area contributed by atoms with E-state index in [-0.39, 0.29) is 41.7 Å². The maximum Gasteiger partial charge on any atom is 0.426 e. The molecule has 4 atom stereocenters. The summed E-state index contributed by atoms with van der Waals surface area (Å²) in [5.74, 6) is -3.59. The van der Waals surface area contributed by atoms with E-state index in [4.69, 9.17) is 0 Å². The van der Waals surface area contributed by atoms with Crippen LogP contribution < -0.4 is 0 Å². The van der Waals surface area contributed by atoms with Crippen molar-refractivity contribution < 1.29 is 40.3 Å². The van der Waals surface area contributed by atoms with Crippen LogP contribution in [0.3, 0.4) is 0 Å². The van der Waals surface area contributed by atoms with Gasteiger partial charge in [-0.3, -0.25) is 4.79 Å². The largest absolute Gasteiger partial charge is 0.481 e. The van der Waals surface area contributed by atoms with Crippen molar-refractivity contribution in [2.45, 2.75) is 54.1 Å². The Morgan fingerprint density at radius 2 is 1.70 bits per heavy atom. The number of aryl methyl sites for hydroxylation is 1. The van der Waals surface area contributed by atoms with Crippen LogP contribution in [-0.4, -0.2) is 25.7 Å². The van der Waals surface area contributed by atoms with E-state index in [0.29, 0.717) is 6.92 Å². The predicted octanol–water partition coefficient (Wildman–Crippen LogP) is 5.30. The van der Waals surface area contributed by atoms with Gasteiger partial charge < -0.3 is 5.11 Å². The summed E-state index contributed by atoms with van der Waals surface area (Å²) in [6.45, 7) is 0.404. The van der Waals surface area contributed by atoms with Gasteiger partial charge in [0.1, 0.15) is 10.6 Å². The average molecular weight is 488 g/mol. The zero-order valence-electron chi connectivity index (χ0n) is 17.5. The number of halogens is 5. The monoisotopic (exact) mass is 488 g/mol. The fourth-order valence-electron chi connectivity index (χ4n) is 5.43. The third-order valence-electron chi connectivity index (χ3n) is 7.19. The van der Waals surface area contributed by atoms with Crippen LogP contribution in [0.1, 0.15) is 42.9 Å². The summed E-state index contributed by atoms with van der Waals surface area (Å²) < 4.78 is 93.9. The number of fused-ring (bicyclic) bond motifs is 3. The number of benzene rings is 2. The first-order valence-corrected chi connectivity index (χ1v) is 11.8. The Bertz CT molecular complexity index is 1200. The summed E-state index contributed by atoms with van der Waals surface area (Å²) in [5, 5.41) is 9.71. The van der Waals surface area contributed by atoms with Crippen molar-refractivity contribution in [1.29, 1.82) is 0 Å². The molecular weight excluding hydrogens is 467 g/mol. The first-order valence-electron chi connectivity index (χ1n) is 10.4. The van der Waals surface area contributed by atoms with Crippen LogP contribution in [0.5, 0.6) is 0 Å². The van der Waals surface area contributed by atoms with E-state index >= 15 is 0 Å². The van der Waals surface area contributed by atoms with Crippen molar-refractivity contribution in [3.05, 3.63) is 65.0 Å². The Morgan fingerprint density at radius 3 is 2.27 bits per heavy atom. The van der Waals surface area contributed by atoms with E-state index in [1.165, 1.54) is 6.07 Å². The molecule has 0 amide bonds. The Hall–Kier alpha value is -2.49. The van der Waals surface area contributed by atoms with Crippen LogP contribution in [0.15, 0.2) is 47.4 Å². The number of carboxylic acids is 1. The number of rotatable bonds is 4. The molecule has 4 rings (SSSR count). The molecule has 1 N–H and O–H groups in total. The van der Waals surface area contributed by atoms with Crippen molar-refractivity contribution in [2.24, 2.45) is 11.8 Å². The van der Waals surface area contributed by atoms with Gasteiger partial charge in [-0.1, -0.05) is 18.2 Å². The van der Waals surface area contributed by atoms with Gasteiger partial charge >= 0.3 is 12.1 Å². The number of sulfone groups is 1. The van der Waals surface area contributed by atoms with Gasteiger partial charge in [-0.2, -0.15) is 13.2 Å². The zero-order valence-corrected chi connectivity index (χ0v) is 18.3. The Morgan fingerprint density at radius 1 is 1.06 bits per heavy atom. The second kappa shape index (κ2) is 7.51. The van der Waals surface area contributed by atoms with Crippen molar-refractivity contribution in [3.8, 4) is 0 Å². The minimum Gasteiger partial charge on any atom is -0.481 e. The third kappa shape index (κ3) is 3.36. The summed E-state index contributed by atoms with van der Waals surface area (Å²) >= 11 is 0. The Labute approximate surface area is 187 Å². The van der Waals surface area contributed by atoms with E-state index in [2.05, 4.69) is 0 Å². The molecule has 0 saturated heterocycles. The van der Waals surface area contributed by atoms with Gasteiger partial charge in [0, 0.05) is 0 Å². The molecule has 0 spiro atoms. The van der Waals surface area contributed by atoms with Gasteiger partial charge in [-0.05, 0) is 79.5 Å². The third-order valence-corrected chi connectivity index (χ3v) is 9.77. The van der Waals surface area contributed by atoms with Crippen molar-refractivity contribution in [3.63, 3.8) is 0 Å². The summed E-state index contributed by atoms with van der Waals surface area (Å²) in [4.78, 5) is 11.7. The standard InChI is InChI=1S/C23H21F5O4S/c1-21(25,23(26,27)28)14-3-9-18-13(12-14)2-8-19-17(20(29)30)10-11-22(18,19)33(31,32)16-6-4-15(24)5-7-16/h3-7,9,12,17,19H,2,8,10-11H2,1H3,(H,29,30)/t17-,19-,21?,22+/m1/s1. The summed E-state index contributed by atoms with van der Waals surface area (Å²) in [5.41, 5.74) is -3.85. The highest BCUT2D eigenvalue weighted by molar-refractivity contribution is 7.92. The minimum absolute atomic E-state index is 0.0605. The van der Waals surface area contributed by atoms with Crippen LogP contribution >= 0.6 is 0 Å². The molecule has 2 aromatic rings. The lowest BCUT2D eigenvalue weighted by Gasteiger charge is -2.42. The SMILES string of the molecule is CC(F)(c1ccc2c(c1)CC[C@@H]1[C@H](C(=O)O)CC[C@]21S(=O)(=O)c1ccc(F)cc1)C(F)(F)F. The van der Waals surface area contributed by atoms with Gasteiger partial charge in [0.05, 0.1) is 10.8 Å². The molecular formula is C23H21F5O4S. The van der Waals surface area contributed by atoms with E-state index < -0.39 is 55.6 Å². The summed E-state index contributed by atoms with van der Waals surface area (Å²) in [6, 6.07) is 7.29. The smallest absolute Gasteiger partial charge is 0.426 e. The molecule has 0 bridgehead atoms. The molecule has 4 nitrogen and oxygen atoms in total. The van der Waals surface area contributed by atoms with E-state index in [1.54, 1.807) is 0 Å². The van der Waals surface area contributed by atoms with Gasteiger partial charge in [0.15, 0.2) is 9.84 Å². The average Bonchev–Trinajstić information content (AvgIpc) is 3.15. The summed E-state index contributed by atoms with van der Waals surface area (Å²) in [6.07, 6.45) is -4.95. The topological polar surface area (TPSA) is 71.4 Å². The van der Waals surface area contributed by atoms with Crippen LogP contribution in [0.4, 0.5) is 22.0 Å². The zero-order chi connectivity index (χ0) is 24.4. The second-order valence-corrected chi connectivity index (χ2v) is 11.1. The molecule has 1 unspecified atom stereocenters. The van der Waals surface area contributed by atoms with Crippen molar-refractivity contribution in [2.75, 3.05) is 0 Å². The van der Waals surface area contributed by atoms with E-state index in [0.717, 1.165) is 36.4 Å². The second-order valence-electron chi connectivity index (χ2n) is 8.85. The fraction of sp³-hybridized carbons (Fsp3) is 0.435. The first-order chi connectivity index (χ1) is 15.2. The lowest BCUT2D eigenvalue weighted by Crippen LogP contribution is -2.45. The van der Waals surface area contributed by atoms with E-state index in [9.17, 15) is 40.3 Å². The van der Waals surface area contributed by atoms with Crippen LogP contribution in [-0.2, 0) is 31.5 Å². The van der Waals surface area contributed by atoms with Crippen molar-refractivity contribution in [1.82, 2.24) is 0 Å². The minimum atomic E-state index is -5.17. The van der Waals surface area contributed by atoms with Gasteiger partial charge in [-0.25, -0.2) is 17.2 Å². The van der Waals surface area contributed by atoms with E-state index in [1.807, 2.05) is 0 Å². The molecule has 33 heavy (non-hydrogen) atoms. The van der Waals surface area contributed by atoms with Crippen LogP contribution in [0.2, 0.25) is 0 Å². The molecule has 1 saturated carbocycles. The summed E-state index contributed by atoms with van der Waals surface area (Å²) in [7, 11) is -4.28. The molecule has 10 heteroatoms. The van der Waals surface area contributed by atoms with Crippen molar-refractivity contribution >= 4 is 15.8 Å². The molecule has 1 fully saturated rings.